The van der Waals surface area contributed by atoms with Gasteiger partial charge in [-0.25, -0.2) is 4.79 Å². The van der Waals surface area contributed by atoms with Crippen LogP contribution in [0.5, 0.6) is 0 Å². The first kappa shape index (κ1) is 14.3. The summed E-state index contributed by atoms with van der Waals surface area (Å²) >= 11 is 0. The summed E-state index contributed by atoms with van der Waals surface area (Å²) in [5.74, 6) is -0.874. The quantitative estimate of drug-likeness (QED) is 0.763. The number of carboxylic acid groups (broad SMARTS) is 1. The minimum Gasteiger partial charge on any atom is -0.481 e. The van der Waals surface area contributed by atoms with Crippen molar-refractivity contribution >= 4 is 17.7 Å². The molecular formula is C14H18N2O4. The number of hydrogen-bond acceptors (Lipinski definition) is 3. The van der Waals surface area contributed by atoms with Crippen molar-refractivity contribution in [1.29, 1.82) is 0 Å². The lowest BCUT2D eigenvalue weighted by Gasteiger charge is -2.34. The zero-order valence-electron chi connectivity index (χ0n) is 11.3. The molecule has 1 saturated carbocycles. The van der Waals surface area contributed by atoms with E-state index in [9.17, 15) is 9.59 Å². The number of urea groups is 1. The van der Waals surface area contributed by atoms with Crippen molar-refractivity contribution in [3.05, 3.63) is 29.8 Å². The highest BCUT2D eigenvalue weighted by atomic mass is 16.5. The lowest BCUT2D eigenvalue weighted by atomic mass is 9.89. The Balaban J connectivity index is 1.78. The van der Waals surface area contributed by atoms with Crippen LogP contribution in [0, 0.1) is 0 Å². The maximum Gasteiger partial charge on any atom is 0.319 e. The van der Waals surface area contributed by atoms with Gasteiger partial charge in [-0.3, -0.25) is 4.79 Å². The standard InChI is InChI=1S/C14H18N2O4/c1-20-12-7-11(8-12)16-14(19)15-10-4-2-9(3-5-10)6-13(17)18/h2-5,11-12H,6-8H2,1H3,(H,17,18)(H2,15,16,19). The first-order valence-electron chi connectivity index (χ1n) is 6.48. The molecule has 1 fully saturated rings. The molecule has 1 aliphatic carbocycles. The zero-order chi connectivity index (χ0) is 14.5. The molecule has 1 aliphatic rings. The van der Waals surface area contributed by atoms with Crippen LogP contribution in [0.25, 0.3) is 0 Å². The largest absolute Gasteiger partial charge is 0.481 e. The Morgan fingerprint density at radius 3 is 2.50 bits per heavy atom. The highest BCUT2D eigenvalue weighted by molar-refractivity contribution is 5.89. The van der Waals surface area contributed by atoms with Gasteiger partial charge in [0, 0.05) is 18.8 Å². The number of amides is 2. The summed E-state index contributed by atoms with van der Waals surface area (Å²) in [7, 11) is 1.67. The molecule has 0 heterocycles. The number of anilines is 1. The van der Waals surface area contributed by atoms with Crippen LogP contribution >= 0.6 is 0 Å². The minimum absolute atomic E-state index is 0.0209. The number of ether oxygens (including phenoxy) is 1. The number of rotatable bonds is 5. The fourth-order valence-corrected chi connectivity index (χ4v) is 2.11. The second kappa shape index (κ2) is 6.38. The summed E-state index contributed by atoms with van der Waals surface area (Å²) in [5.41, 5.74) is 1.34. The summed E-state index contributed by atoms with van der Waals surface area (Å²) in [6.45, 7) is 0. The van der Waals surface area contributed by atoms with E-state index in [0.717, 1.165) is 12.8 Å². The van der Waals surface area contributed by atoms with Crippen molar-refractivity contribution in [3.63, 3.8) is 0 Å². The smallest absolute Gasteiger partial charge is 0.319 e. The van der Waals surface area contributed by atoms with Gasteiger partial charge in [-0.1, -0.05) is 12.1 Å². The maximum atomic E-state index is 11.7. The molecule has 0 saturated heterocycles. The molecule has 3 N–H and O–H groups in total. The Bertz CT molecular complexity index is 480. The molecule has 6 heteroatoms. The predicted octanol–water partition coefficient (Wildman–Crippen LogP) is 1.61. The predicted molar refractivity (Wildman–Crippen MR) is 73.8 cm³/mol. The highest BCUT2D eigenvalue weighted by Crippen LogP contribution is 2.22. The molecule has 2 amide bonds. The van der Waals surface area contributed by atoms with Crippen molar-refractivity contribution in [2.24, 2.45) is 0 Å². The Hall–Kier alpha value is -2.08. The third-order valence-electron chi connectivity index (χ3n) is 3.33. The molecule has 0 radical (unpaired) electrons. The molecule has 1 aromatic carbocycles. The van der Waals surface area contributed by atoms with Crippen LogP contribution in [0.2, 0.25) is 0 Å². The summed E-state index contributed by atoms with van der Waals surface area (Å²) < 4.78 is 5.14. The summed E-state index contributed by atoms with van der Waals surface area (Å²) in [6, 6.07) is 6.66. The number of aliphatic carboxylic acids is 1. The van der Waals surface area contributed by atoms with Crippen LogP contribution in [0.4, 0.5) is 10.5 Å². The number of carbonyl (C=O) groups is 2. The lowest BCUT2D eigenvalue weighted by molar-refractivity contribution is -0.136. The van der Waals surface area contributed by atoms with Crippen LogP contribution < -0.4 is 10.6 Å². The average Bonchev–Trinajstić information content (AvgIpc) is 2.35. The van der Waals surface area contributed by atoms with Crippen molar-refractivity contribution in [1.82, 2.24) is 5.32 Å². The molecule has 0 spiro atoms. The summed E-state index contributed by atoms with van der Waals surface area (Å²) in [4.78, 5) is 22.3. The van der Waals surface area contributed by atoms with Gasteiger partial charge in [-0.05, 0) is 30.5 Å². The van der Waals surface area contributed by atoms with Gasteiger partial charge in [0.15, 0.2) is 0 Å². The average molecular weight is 278 g/mol. The Kier molecular flexibility index (Phi) is 4.57. The van der Waals surface area contributed by atoms with Crippen LogP contribution in [0.3, 0.4) is 0 Å². The second-order valence-electron chi connectivity index (χ2n) is 4.89. The van der Waals surface area contributed by atoms with E-state index in [0.29, 0.717) is 11.3 Å². The van der Waals surface area contributed by atoms with Crippen LogP contribution in [0.15, 0.2) is 24.3 Å². The lowest BCUT2D eigenvalue weighted by Crippen LogP contribution is -2.48. The van der Waals surface area contributed by atoms with Gasteiger partial charge in [0.25, 0.3) is 0 Å². The SMILES string of the molecule is COC1CC(NC(=O)Nc2ccc(CC(=O)O)cc2)C1. The van der Waals surface area contributed by atoms with Crippen molar-refractivity contribution in [3.8, 4) is 0 Å². The van der Waals surface area contributed by atoms with Crippen molar-refractivity contribution < 1.29 is 19.4 Å². The van der Waals surface area contributed by atoms with Gasteiger partial charge in [0.1, 0.15) is 0 Å². The summed E-state index contributed by atoms with van der Waals surface area (Å²) in [6.07, 6.45) is 1.89. The number of nitrogens with one attached hydrogen (secondary N) is 2. The fourth-order valence-electron chi connectivity index (χ4n) is 2.11. The molecule has 108 valence electrons. The highest BCUT2D eigenvalue weighted by Gasteiger charge is 2.29. The van der Waals surface area contributed by atoms with E-state index in [2.05, 4.69) is 10.6 Å². The fraction of sp³-hybridized carbons (Fsp3) is 0.429. The number of benzene rings is 1. The van der Waals surface area contributed by atoms with Gasteiger partial charge >= 0.3 is 12.0 Å². The molecule has 0 bridgehead atoms. The van der Waals surface area contributed by atoms with Gasteiger partial charge in [0.05, 0.1) is 12.5 Å². The molecule has 1 aromatic rings. The van der Waals surface area contributed by atoms with E-state index in [-0.39, 0.29) is 24.6 Å². The zero-order valence-corrected chi connectivity index (χ0v) is 11.3. The Morgan fingerprint density at radius 1 is 1.30 bits per heavy atom. The van der Waals surface area contributed by atoms with Gasteiger partial charge in [-0.15, -0.1) is 0 Å². The van der Waals surface area contributed by atoms with E-state index in [1.165, 1.54) is 0 Å². The van der Waals surface area contributed by atoms with Crippen molar-refractivity contribution in [2.45, 2.75) is 31.4 Å². The van der Waals surface area contributed by atoms with Crippen LogP contribution in [0.1, 0.15) is 18.4 Å². The topological polar surface area (TPSA) is 87.7 Å². The molecule has 0 unspecified atom stereocenters. The molecule has 20 heavy (non-hydrogen) atoms. The van der Waals surface area contributed by atoms with E-state index < -0.39 is 5.97 Å². The van der Waals surface area contributed by atoms with Crippen LogP contribution in [-0.2, 0) is 16.0 Å². The van der Waals surface area contributed by atoms with E-state index >= 15 is 0 Å². The second-order valence-corrected chi connectivity index (χ2v) is 4.89. The third-order valence-corrected chi connectivity index (χ3v) is 3.33. The van der Waals surface area contributed by atoms with Gasteiger partial charge in [-0.2, -0.15) is 0 Å². The summed E-state index contributed by atoms with van der Waals surface area (Å²) in [5, 5.41) is 14.2. The molecule has 2 rings (SSSR count). The van der Waals surface area contributed by atoms with Crippen LogP contribution in [-0.4, -0.2) is 36.4 Å². The molecule has 0 atom stereocenters. The monoisotopic (exact) mass is 278 g/mol. The third kappa shape index (κ3) is 3.96. The first-order valence-corrected chi connectivity index (χ1v) is 6.48. The molecule has 6 nitrogen and oxygen atoms in total. The van der Waals surface area contributed by atoms with Gasteiger partial charge in [0.2, 0.25) is 0 Å². The minimum atomic E-state index is -0.874. The van der Waals surface area contributed by atoms with E-state index in [4.69, 9.17) is 9.84 Å². The van der Waals surface area contributed by atoms with E-state index in [1.807, 2.05) is 0 Å². The van der Waals surface area contributed by atoms with Gasteiger partial charge < -0.3 is 20.5 Å². The Labute approximate surface area is 117 Å². The van der Waals surface area contributed by atoms with Crippen molar-refractivity contribution in [2.75, 3.05) is 12.4 Å². The molecule has 0 aromatic heterocycles. The Morgan fingerprint density at radius 2 is 1.95 bits per heavy atom. The first-order chi connectivity index (χ1) is 9.56. The maximum absolute atomic E-state index is 11.7. The number of methoxy groups -OCH3 is 1. The molecular weight excluding hydrogens is 260 g/mol. The number of carbonyl (C=O) groups excluding carboxylic acids is 1. The molecule has 0 aliphatic heterocycles. The van der Waals surface area contributed by atoms with E-state index in [1.54, 1.807) is 31.4 Å². The number of carboxylic acids is 1. The normalized spacial score (nSPS) is 20.9. The number of hydrogen-bond donors (Lipinski definition) is 3.